The molecule has 0 radical (unpaired) electrons. The first-order chi connectivity index (χ1) is 10.1. The molecule has 1 aromatic rings. The normalized spacial score (nSPS) is 18.6. The molecule has 1 aliphatic rings. The summed E-state index contributed by atoms with van der Waals surface area (Å²) in [6.45, 7) is 6.86. The molecule has 0 aromatic carbocycles. The van der Waals surface area contributed by atoms with Crippen LogP contribution in [0.2, 0.25) is 0 Å². The molecule has 0 saturated carbocycles. The molecule has 0 bridgehead atoms. The van der Waals surface area contributed by atoms with Crippen LogP contribution in [0.4, 0.5) is 0 Å². The molecule has 4 nitrogen and oxygen atoms in total. The number of esters is 1. The van der Waals surface area contributed by atoms with Crippen LogP contribution in [0.5, 0.6) is 0 Å². The Bertz CT molecular complexity index is 527. The van der Waals surface area contributed by atoms with Gasteiger partial charge in [0.15, 0.2) is 0 Å². The third-order valence-electron chi connectivity index (χ3n) is 3.56. The van der Waals surface area contributed by atoms with Gasteiger partial charge in [-0.05, 0) is 31.9 Å². The van der Waals surface area contributed by atoms with E-state index in [1.54, 1.807) is 23.6 Å². The zero-order chi connectivity index (χ0) is 15.4. The van der Waals surface area contributed by atoms with Crippen LogP contribution in [0.3, 0.4) is 0 Å². The van der Waals surface area contributed by atoms with E-state index in [0.29, 0.717) is 18.9 Å². The Morgan fingerprint density at radius 2 is 2.19 bits per heavy atom. The Balaban J connectivity index is 2.19. The third-order valence-corrected chi connectivity index (χ3v) is 5.66. The summed E-state index contributed by atoms with van der Waals surface area (Å²) in [5.41, 5.74) is 1.21. The van der Waals surface area contributed by atoms with Crippen LogP contribution in [0, 0.1) is 6.92 Å². The topological polar surface area (TPSA) is 46.6 Å². The number of amides is 1. The molecule has 2 heterocycles. The average Bonchev–Trinajstić information content (AvgIpc) is 2.88. The van der Waals surface area contributed by atoms with Crippen molar-refractivity contribution in [2.24, 2.45) is 0 Å². The average molecular weight is 327 g/mol. The minimum atomic E-state index is -0.455. The quantitative estimate of drug-likeness (QED) is 0.798. The van der Waals surface area contributed by atoms with E-state index in [1.165, 1.54) is 21.8 Å². The summed E-state index contributed by atoms with van der Waals surface area (Å²) in [6.07, 6.45) is 0.923. The number of hydrogen-bond donors (Lipinski definition) is 0. The molecule has 1 saturated heterocycles. The maximum Gasteiger partial charge on any atom is 0.329 e. The largest absolute Gasteiger partial charge is 0.464 e. The second kappa shape index (κ2) is 7.31. The van der Waals surface area contributed by atoms with Gasteiger partial charge in [0.2, 0.25) is 0 Å². The summed E-state index contributed by atoms with van der Waals surface area (Å²) < 4.78 is 5.10. The Kier molecular flexibility index (Phi) is 5.70. The Morgan fingerprint density at radius 3 is 2.81 bits per heavy atom. The maximum absolute atomic E-state index is 12.7. The molecule has 0 spiro atoms. The summed E-state index contributed by atoms with van der Waals surface area (Å²) in [6, 6.07) is 1.51. The lowest BCUT2D eigenvalue weighted by atomic mass is 10.2. The van der Waals surface area contributed by atoms with Gasteiger partial charge >= 0.3 is 5.97 Å². The molecule has 1 atom stereocenters. The van der Waals surface area contributed by atoms with Crippen molar-refractivity contribution in [1.82, 2.24) is 4.90 Å². The highest BCUT2D eigenvalue weighted by atomic mass is 32.2. The molecular formula is C15H21NO3S2. The Hall–Kier alpha value is -1.01. The number of thioether (sulfide) groups is 1. The van der Waals surface area contributed by atoms with E-state index in [9.17, 15) is 9.59 Å². The van der Waals surface area contributed by atoms with E-state index >= 15 is 0 Å². The van der Waals surface area contributed by atoms with Crippen LogP contribution in [0.15, 0.2) is 6.07 Å². The van der Waals surface area contributed by atoms with Gasteiger partial charge in [0, 0.05) is 22.9 Å². The molecule has 1 unspecified atom stereocenters. The van der Waals surface area contributed by atoms with E-state index in [1.807, 2.05) is 13.0 Å². The van der Waals surface area contributed by atoms with Gasteiger partial charge in [-0.1, -0.05) is 6.92 Å². The predicted octanol–water partition coefficient (Wildman–Crippen LogP) is 2.74. The van der Waals surface area contributed by atoms with E-state index in [2.05, 4.69) is 6.92 Å². The standard InChI is InChI=1S/C15H21NO3S2/c1-4-11-8-13(21-10(11)3)14(17)16-6-7-20-9-12(16)15(18)19-5-2/h8,12H,4-7,9H2,1-3H3. The van der Waals surface area contributed by atoms with Crippen molar-refractivity contribution in [3.05, 3.63) is 21.4 Å². The fourth-order valence-corrected chi connectivity index (χ4v) is 4.50. The Labute approximate surface area is 133 Å². The third kappa shape index (κ3) is 3.61. The minimum Gasteiger partial charge on any atom is -0.464 e. The van der Waals surface area contributed by atoms with Gasteiger partial charge in [-0.2, -0.15) is 11.8 Å². The van der Waals surface area contributed by atoms with Crippen LogP contribution >= 0.6 is 23.1 Å². The lowest BCUT2D eigenvalue weighted by molar-refractivity contribution is -0.147. The van der Waals surface area contributed by atoms with Gasteiger partial charge in [-0.15, -0.1) is 11.3 Å². The van der Waals surface area contributed by atoms with Crippen molar-refractivity contribution in [3.8, 4) is 0 Å². The lowest BCUT2D eigenvalue weighted by Crippen LogP contribution is -2.50. The minimum absolute atomic E-state index is 0.0406. The molecule has 1 aliphatic heterocycles. The predicted molar refractivity (Wildman–Crippen MR) is 87.2 cm³/mol. The number of nitrogens with zero attached hydrogens (tertiary/aromatic N) is 1. The van der Waals surface area contributed by atoms with E-state index in [4.69, 9.17) is 4.74 Å². The first-order valence-electron chi connectivity index (χ1n) is 7.23. The van der Waals surface area contributed by atoms with Crippen molar-refractivity contribution in [3.63, 3.8) is 0 Å². The van der Waals surface area contributed by atoms with Crippen LogP contribution in [-0.4, -0.2) is 47.5 Å². The van der Waals surface area contributed by atoms with Crippen molar-refractivity contribution in [1.29, 1.82) is 0 Å². The zero-order valence-corrected chi connectivity index (χ0v) is 14.3. The molecule has 0 N–H and O–H groups in total. The smallest absolute Gasteiger partial charge is 0.329 e. The summed E-state index contributed by atoms with van der Waals surface area (Å²) in [4.78, 5) is 28.4. The second-order valence-corrected chi connectivity index (χ2v) is 7.29. The first-order valence-corrected chi connectivity index (χ1v) is 9.20. The fraction of sp³-hybridized carbons (Fsp3) is 0.600. The summed E-state index contributed by atoms with van der Waals surface area (Å²) >= 11 is 3.21. The van der Waals surface area contributed by atoms with Crippen LogP contribution < -0.4 is 0 Å². The van der Waals surface area contributed by atoms with Gasteiger partial charge in [0.25, 0.3) is 5.91 Å². The highest BCUT2D eigenvalue weighted by Gasteiger charge is 2.34. The van der Waals surface area contributed by atoms with Gasteiger partial charge in [0.1, 0.15) is 6.04 Å². The lowest BCUT2D eigenvalue weighted by Gasteiger charge is -2.33. The SMILES string of the molecule is CCOC(=O)C1CSCCN1C(=O)c1cc(CC)c(C)s1. The van der Waals surface area contributed by atoms with Crippen molar-refractivity contribution in [2.75, 3.05) is 24.7 Å². The van der Waals surface area contributed by atoms with Crippen LogP contribution in [0.1, 0.15) is 34.0 Å². The highest BCUT2D eigenvalue weighted by Crippen LogP contribution is 2.26. The van der Waals surface area contributed by atoms with E-state index < -0.39 is 6.04 Å². The van der Waals surface area contributed by atoms with Gasteiger partial charge < -0.3 is 9.64 Å². The number of thiophene rings is 1. The number of aryl methyl sites for hydroxylation is 2. The number of ether oxygens (including phenoxy) is 1. The molecule has 0 aliphatic carbocycles. The molecule has 116 valence electrons. The summed E-state index contributed by atoms with van der Waals surface area (Å²) in [5.74, 6) is 1.16. The Morgan fingerprint density at radius 1 is 1.43 bits per heavy atom. The van der Waals surface area contributed by atoms with Crippen molar-refractivity contribution >= 4 is 35.0 Å². The number of carbonyl (C=O) groups excluding carboxylic acids is 2. The van der Waals surface area contributed by atoms with E-state index in [-0.39, 0.29) is 11.9 Å². The van der Waals surface area contributed by atoms with Crippen molar-refractivity contribution < 1.29 is 14.3 Å². The second-order valence-electron chi connectivity index (χ2n) is 4.89. The maximum atomic E-state index is 12.7. The molecule has 1 fully saturated rings. The summed E-state index contributed by atoms with van der Waals surface area (Å²) in [5, 5.41) is 0. The van der Waals surface area contributed by atoms with E-state index in [0.717, 1.165) is 17.1 Å². The summed E-state index contributed by atoms with van der Waals surface area (Å²) in [7, 11) is 0. The fourth-order valence-electron chi connectivity index (χ4n) is 2.40. The van der Waals surface area contributed by atoms with Crippen molar-refractivity contribution in [2.45, 2.75) is 33.2 Å². The first kappa shape index (κ1) is 16.4. The molecule has 1 amide bonds. The van der Waals surface area contributed by atoms with Gasteiger partial charge in [-0.3, -0.25) is 4.79 Å². The van der Waals surface area contributed by atoms with Crippen LogP contribution in [0.25, 0.3) is 0 Å². The molecule has 1 aromatic heterocycles. The molecule has 21 heavy (non-hydrogen) atoms. The number of carbonyl (C=O) groups is 2. The molecular weight excluding hydrogens is 306 g/mol. The molecule has 2 rings (SSSR count). The van der Waals surface area contributed by atoms with Gasteiger partial charge in [-0.25, -0.2) is 4.79 Å². The number of rotatable bonds is 4. The molecule has 6 heteroatoms. The van der Waals surface area contributed by atoms with Gasteiger partial charge in [0.05, 0.1) is 11.5 Å². The number of hydrogen-bond acceptors (Lipinski definition) is 5. The monoisotopic (exact) mass is 327 g/mol. The van der Waals surface area contributed by atoms with Crippen LogP contribution in [-0.2, 0) is 16.0 Å². The zero-order valence-electron chi connectivity index (χ0n) is 12.7. The highest BCUT2D eigenvalue weighted by molar-refractivity contribution is 7.99.